The first-order chi connectivity index (χ1) is 18.9. The number of alkyl halides is 3. The second kappa shape index (κ2) is 9.94. The zero-order valence-electron chi connectivity index (χ0n) is 20.8. The summed E-state index contributed by atoms with van der Waals surface area (Å²) in [6.45, 7) is -2.17. The molecule has 0 N–H and O–H groups in total. The van der Waals surface area contributed by atoms with Gasteiger partial charge in [-0.3, -0.25) is 14.2 Å². The van der Waals surface area contributed by atoms with Crippen LogP contribution in [-0.2, 0) is 0 Å². The third kappa shape index (κ3) is 4.49. The second-order valence-corrected chi connectivity index (χ2v) is 9.85. The summed E-state index contributed by atoms with van der Waals surface area (Å²) in [4.78, 5) is 29.1. The van der Waals surface area contributed by atoms with Crippen LogP contribution in [0.1, 0.15) is 42.1 Å². The molecule has 7 nitrogen and oxygen atoms in total. The number of carbonyl (C=O) groups is 1. The summed E-state index contributed by atoms with van der Waals surface area (Å²) >= 11 is 0. The molecule has 1 amide bonds. The van der Waals surface area contributed by atoms with Gasteiger partial charge in [0.2, 0.25) is 13.7 Å². The molecule has 2 aliphatic rings. The van der Waals surface area contributed by atoms with Gasteiger partial charge in [0.25, 0.3) is 11.5 Å². The van der Waals surface area contributed by atoms with Crippen LogP contribution in [0.5, 0.6) is 11.5 Å². The van der Waals surface area contributed by atoms with E-state index < -0.39 is 37.2 Å². The van der Waals surface area contributed by atoms with Crippen LogP contribution in [-0.4, -0.2) is 52.9 Å². The van der Waals surface area contributed by atoms with E-state index in [0.29, 0.717) is 10.9 Å². The molecule has 39 heavy (non-hydrogen) atoms. The van der Waals surface area contributed by atoms with Crippen molar-refractivity contribution in [2.24, 2.45) is 0 Å². The maximum atomic E-state index is 14.9. The maximum absolute atomic E-state index is 14.9. The summed E-state index contributed by atoms with van der Waals surface area (Å²) < 4.78 is 68.0. The van der Waals surface area contributed by atoms with E-state index in [1.165, 1.54) is 39.9 Å². The first-order valence-electron chi connectivity index (χ1n) is 12.7. The molecule has 1 aliphatic carbocycles. The lowest BCUT2D eigenvalue weighted by Crippen LogP contribution is -2.39. The van der Waals surface area contributed by atoms with Crippen LogP contribution in [0.25, 0.3) is 27.4 Å². The highest BCUT2D eigenvalue weighted by Crippen LogP contribution is 2.39. The molecule has 0 spiro atoms. The van der Waals surface area contributed by atoms with Crippen LogP contribution in [0.15, 0.2) is 47.5 Å². The largest absolute Gasteiger partial charge is 0.459 e. The molecule has 0 bridgehead atoms. The van der Waals surface area contributed by atoms with Crippen molar-refractivity contribution in [3.8, 4) is 17.2 Å². The summed E-state index contributed by atoms with van der Waals surface area (Å²) in [6.07, 6.45) is 4.45. The van der Waals surface area contributed by atoms with E-state index in [1.54, 1.807) is 6.07 Å². The molecule has 0 radical (unpaired) electrons. The summed E-state index contributed by atoms with van der Waals surface area (Å²) in [6, 6.07) is 7.12. The number of ether oxygens (including phenoxy) is 2. The Kier molecular flexibility index (Phi) is 6.44. The van der Waals surface area contributed by atoms with Gasteiger partial charge in [0.05, 0.1) is 22.2 Å². The molecule has 11 heteroatoms. The number of carbonyl (C=O) groups excluding carboxylic acids is 1. The number of fused-ring (bicyclic) bond motifs is 2. The number of hydrogen-bond donors (Lipinski definition) is 0. The van der Waals surface area contributed by atoms with Crippen molar-refractivity contribution in [2.45, 2.75) is 37.9 Å². The number of pyridine rings is 1. The van der Waals surface area contributed by atoms with E-state index in [-0.39, 0.29) is 65.5 Å². The van der Waals surface area contributed by atoms with Crippen LogP contribution in [0.3, 0.4) is 0 Å². The summed E-state index contributed by atoms with van der Waals surface area (Å²) in [5, 5.41) is 0.704. The van der Waals surface area contributed by atoms with E-state index in [1.807, 2.05) is 10.8 Å². The van der Waals surface area contributed by atoms with Crippen LogP contribution in [0, 0.1) is 5.82 Å². The lowest BCUT2D eigenvalue weighted by atomic mass is 10.0. The molecule has 1 aliphatic heterocycles. The first-order valence-corrected chi connectivity index (χ1v) is 12.7. The monoisotopic (exact) mass is 543 g/mol. The van der Waals surface area contributed by atoms with E-state index >= 15 is 0 Å². The number of hydrogen-bond acceptors (Lipinski definition) is 4. The van der Waals surface area contributed by atoms with Crippen LogP contribution < -0.4 is 15.0 Å². The summed E-state index contributed by atoms with van der Waals surface area (Å²) in [7, 11) is 0. The number of likely N-dealkylation sites (tertiary alicyclic amines) is 1. The van der Waals surface area contributed by atoms with E-state index in [9.17, 15) is 27.2 Å². The maximum Gasteiger partial charge on any atom is 0.263 e. The van der Waals surface area contributed by atoms with Crippen LogP contribution in [0.2, 0.25) is 0 Å². The van der Waals surface area contributed by atoms with Gasteiger partial charge in [0.1, 0.15) is 12.0 Å². The Morgan fingerprint density at radius 2 is 1.59 bits per heavy atom. The fourth-order valence-corrected chi connectivity index (χ4v) is 5.34. The molecule has 0 atom stereocenters. The van der Waals surface area contributed by atoms with Crippen LogP contribution >= 0.6 is 0 Å². The number of halogens is 4. The highest BCUT2D eigenvalue weighted by molar-refractivity contribution is 6.07. The Balaban J connectivity index is 1.61. The van der Waals surface area contributed by atoms with Crippen molar-refractivity contribution in [3.63, 3.8) is 0 Å². The van der Waals surface area contributed by atoms with Gasteiger partial charge < -0.3 is 18.9 Å². The van der Waals surface area contributed by atoms with Gasteiger partial charge in [-0.25, -0.2) is 17.6 Å². The van der Waals surface area contributed by atoms with Gasteiger partial charge in [-0.1, -0.05) is 0 Å². The van der Waals surface area contributed by atoms with E-state index in [2.05, 4.69) is 0 Å². The number of rotatable bonds is 7. The second-order valence-electron chi connectivity index (χ2n) is 9.85. The topological polar surface area (TPSA) is 65.7 Å². The van der Waals surface area contributed by atoms with Crippen LogP contribution in [0.4, 0.5) is 17.6 Å². The van der Waals surface area contributed by atoms with Crippen molar-refractivity contribution >= 4 is 27.6 Å². The standard InChI is InChI=1S/C28H25F4N3O4/c29-14-38-25-11-20-21(12-26(25)39-15-30)28(37)35(13-22(20)27(36)33-6-3-16(31)4-7-33)24-10-17(32)9-23-19(24)5-8-34(23)18-1-2-18/h5,8-13,16,18H,1-4,6-7,14-15H2. The van der Waals surface area contributed by atoms with Crippen molar-refractivity contribution in [1.29, 1.82) is 0 Å². The van der Waals surface area contributed by atoms with Gasteiger partial charge in [-0.2, -0.15) is 0 Å². The molecule has 2 aromatic carbocycles. The lowest BCUT2D eigenvalue weighted by molar-refractivity contribution is 0.0668. The van der Waals surface area contributed by atoms with Crippen molar-refractivity contribution in [3.05, 3.63) is 64.5 Å². The molecule has 1 saturated carbocycles. The van der Waals surface area contributed by atoms with Gasteiger partial charge in [0.15, 0.2) is 11.5 Å². The Labute approximate surface area is 220 Å². The molecule has 2 aromatic heterocycles. The Morgan fingerprint density at radius 3 is 2.23 bits per heavy atom. The zero-order chi connectivity index (χ0) is 27.3. The predicted molar refractivity (Wildman–Crippen MR) is 137 cm³/mol. The van der Waals surface area contributed by atoms with Gasteiger partial charge >= 0.3 is 0 Å². The van der Waals surface area contributed by atoms with E-state index in [4.69, 9.17) is 9.47 Å². The molecular weight excluding hydrogens is 518 g/mol. The minimum absolute atomic E-state index is 0.0325. The average molecular weight is 544 g/mol. The SMILES string of the molecule is O=C(c1cn(-c2cc(F)cc3c2ccn3C2CC2)c(=O)c2cc(OCF)c(OCF)cc12)N1CCC(F)CC1. The molecule has 1 saturated heterocycles. The highest BCUT2D eigenvalue weighted by atomic mass is 19.1. The first kappa shape index (κ1) is 25.3. The van der Waals surface area contributed by atoms with Crippen molar-refractivity contribution in [1.82, 2.24) is 14.0 Å². The number of amides is 1. The predicted octanol–water partition coefficient (Wildman–Crippen LogP) is 5.61. The number of nitrogens with zero attached hydrogens (tertiary/aromatic N) is 3. The van der Waals surface area contributed by atoms with Crippen molar-refractivity contribution < 1.29 is 31.8 Å². The van der Waals surface area contributed by atoms with Gasteiger partial charge in [-0.15, -0.1) is 0 Å². The third-order valence-electron chi connectivity index (χ3n) is 7.42. The number of benzene rings is 2. The van der Waals surface area contributed by atoms with E-state index in [0.717, 1.165) is 12.8 Å². The molecule has 0 unspecified atom stereocenters. The smallest absolute Gasteiger partial charge is 0.263 e. The molecule has 4 aromatic rings. The van der Waals surface area contributed by atoms with Gasteiger partial charge in [-0.05, 0) is 56.0 Å². The molecule has 204 valence electrons. The summed E-state index contributed by atoms with van der Waals surface area (Å²) in [5.41, 5.74) is 0.275. The Morgan fingerprint density at radius 1 is 0.923 bits per heavy atom. The zero-order valence-corrected chi connectivity index (χ0v) is 20.8. The molecule has 2 fully saturated rings. The lowest BCUT2D eigenvalue weighted by Gasteiger charge is -2.29. The quantitative estimate of drug-likeness (QED) is 0.285. The fraction of sp³-hybridized carbons (Fsp3) is 0.357. The minimum Gasteiger partial charge on any atom is -0.459 e. The number of aromatic nitrogens is 2. The fourth-order valence-electron chi connectivity index (χ4n) is 5.34. The molecule has 3 heterocycles. The van der Waals surface area contributed by atoms with Crippen molar-refractivity contribution in [2.75, 3.05) is 26.8 Å². The number of piperidine rings is 1. The Bertz CT molecular complexity index is 1640. The molecular formula is C28H25F4N3O4. The highest BCUT2D eigenvalue weighted by Gasteiger charge is 2.28. The molecule has 6 rings (SSSR count). The minimum atomic E-state index is -1.27. The normalized spacial score (nSPS) is 16.3. The Hall–Kier alpha value is -4.02. The average Bonchev–Trinajstić information content (AvgIpc) is 3.68. The summed E-state index contributed by atoms with van der Waals surface area (Å²) in [5.74, 6) is -1.45. The third-order valence-corrected chi connectivity index (χ3v) is 7.42. The van der Waals surface area contributed by atoms with Gasteiger partial charge in [0, 0.05) is 42.3 Å².